The highest BCUT2D eigenvalue weighted by Crippen LogP contribution is 2.46. The van der Waals surface area contributed by atoms with Gasteiger partial charge in [-0.1, -0.05) is 124 Å². The van der Waals surface area contributed by atoms with Crippen molar-refractivity contribution in [1.29, 1.82) is 0 Å². The van der Waals surface area contributed by atoms with E-state index in [1.54, 1.807) is 6.07 Å². The molecule has 5 aromatic rings. The molecule has 0 atom stereocenters. The zero-order chi connectivity index (χ0) is 42.9. The molecule has 0 amide bonds. The van der Waals surface area contributed by atoms with Gasteiger partial charge in [-0.2, -0.15) is 0 Å². The maximum Gasteiger partial charge on any atom is 0.463 e. The van der Waals surface area contributed by atoms with E-state index in [-0.39, 0.29) is 22.2 Å². The Morgan fingerprint density at radius 2 is 0.862 bits per heavy atom. The van der Waals surface area contributed by atoms with Crippen molar-refractivity contribution in [2.24, 2.45) is 0 Å². The van der Waals surface area contributed by atoms with Gasteiger partial charge in [0.15, 0.2) is 0 Å². The summed E-state index contributed by atoms with van der Waals surface area (Å²) in [5, 5.41) is 9.40. The van der Waals surface area contributed by atoms with E-state index in [9.17, 15) is 5.11 Å². The van der Waals surface area contributed by atoms with Crippen molar-refractivity contribution in [1.82, 2.24) is 4.98 Å². The second kappa shape index (κ2) is 24.2. The maximum absolute atomic E-state index is 9.40. The predicted octanol–water partition coefficient (Wildman–Crippen LogP) is 14.9. The van der Waals surface area contributed by atoms with Crippen LogP contribution in [0, 0.1) is 27.7 Å². The van der Waals surface area contributed by atoms with Gasteiger partial charge in [0.25, 0.3) is 9.03 Å². The van der Waals surface area contributed by atoms with E-state index in [1.165, 1.54) is 22.3 Å². The van der Waals surface area contributed by atoms with Crippen LogP contribution in [0.25, 0.3) is 0 Å². The molecule has 5 rings (SSSR count). The molecule has 1 N–H and O–H groups in total. The van der Waals surface area contributed by atoms with Crippen LogP contribution in [-0.4, -0.2) is 10.1 Å². The number of aliphatic hydroxyl groups excluding tert-OH is 1. The largest absolute Gasteiger partial charge is 0.463 e. The number of aromatic nitrogens is 1. The molecule has 58 heavy (non-hydrogen) atoms. The molecular weight excluding hydrogens is 760 g/mol. The van der Waals surface area contributed by atoms with Crippen molar-refractivity contribution < 1.29 is 27.7 Å². The van der Waals surface area contributed by atoms with E-state index in [2.05, 4.69) is 135 Å². The number of aryl methyl sites for hydroxylation is 4. The third-order valence-corrected chi connectivity index (χ3v) is 10.8. The summed E-state index contributed by atoms with van der Waals surface area (Å²) in [7, 11) is -1.80. The Balaban J connectivity index is 0.000000316. The molecular formula is C49H67NO6P2. The molecule has 9 heteroatoms. The molecule has 0 saturated heterocycles. The number of rotatable bonds is 16. The summed E-state index contributed by atoms with van der Waals surface area (Å²) in [6.07, 6.45) is 0. The van der Waals surface area contributed by atoms with Crippen molar-refractivity contribution >= 4 is 17.6 Å². The van der Waals surface area contributed by atoms with Gasteiger partial charge in [-0.05, 0) is 132 Å². The standard InChI is InChI=1S/C27H34NO4P.C20H27O2P.C2H6/c1-18(2)24-12-10-20(5)14-26(24)31-33(30-17-23-9-7-8-22(16-29)28-23)32-27-15-21(6)11-13-25(27)19(3)4;1-13(2)17-9-7-15(5)11-19(17)21-23-22-20-12-16(6)8-10-18(20)14(3)4;1-2/h7-15,18-19,29H,16-17H2,1-6H3;7-14,23H,1-6H3;1-2H3. The van der Waals surface area contributed by atoms with Crippen molar-refractivity contribution in [3.8, 4) is 23.0 Å². The lowest BCUT2D eigenvalue weighted by atomic mass is 10.0. The summed E-state index contributed by atoms with van der Waals surface area (Å²) in [6, 6.07) is 30.7. The summed E-state index contributed by atoms with van der Waals surface area (Å²) in [5.41, 5.74) is 10.6. The lowest BCUT2D eigenvalue weighted by Gasteiger charge is -2.22. The van der Waals surface area contributed by atoms with Crippen molar-refractivity contribution in [2.45, 2.75) is 134 Å². The second-order valence-corrected chi connectivity index (χ2v) is 17.2. The van der Waals surface area contributed by atoms with Gasteiger partial charge in [0.05, 0.1) is 24.6 Å². The average molecular weight is 828 g/mol. The summed E-state index contributed by atoms with van der Waals surface area (Å²) in [5.74, 6) is 4.85. The summed E-state index contributed by atoms with van der Waals surface area (Å²) < 4.78 is 30.9. The minimum absolute atomic E-state index is 0.0420. The van der Waals surface area contributed by atoms with Gasteiger partial charge in [0.2, 0.25) is 0 Å². The Kier molecular flexibility index (Phi) is 20.2. The van der Waals surface area contributed by atoms with E-state index < -0.39 is 8.60 Å². The third-order valence-electron chi connectivity index (χ3n) is 9.16. The normalized spacial score (nSPS) is 11.0. The fraction of sp³-hybridized carbons (Fsp3) is 0.408. The smallest absolute Gasteiger partial charge is 0.440 e. The van der Waals surface area contributed by atoms with Crippen LogP contribution in [0.15, 0.2) is 91.0 Å². The lowest BCUT2D eigenvalue weighted by molar-refractivity contribution is 0.249. The number of hydrogen-bond donors (Lipinski definition) is 1. The van der Waals surface area contributed by atoms with Gasteiger partial charge in [-0.3, -0.25) is 9.51 Å². The summed E-state index contributed by atoms with van der Waals surface area (Å²) in [6.45, 7) is 29.6. The van der Waals surface area contributed by atoms with Crippen LogP contribution >= 0.6 is 17.6 Å². The monoisotopic (exact) mass is 827 g/mol. The van der Waals surface area contributed by atoms with E-state index in [0.717, 1.165) is 45.3 Å². The van der Waals surface area contributed by atoms with Gasteiger partial charge in [0, 0.05) is 0 Å². The number of nitrogens with zero attached hydrogens (tertiary/aromatic N) is 1. The number of aliphatic hydroxyl groups is 1. The maximum atomic E-state index is 9.40. The number of benzene rings is 4. The Bertz CT molecular complexity index is 1900. The second-order valence-electron chi connectivity index (χ2n) is 15.5. The Labute approximate surface area is 352 Å². The van der Waals surface area contributed by atoms with Crippen molar-refractivity contribution in [3.05, 3.63) is 147 Å². The number of hydrogen-bond acceptors (Lipinski definition) is 7. The molecule has 0 bridgehead atoms. The zero-order valence-electron chi connectivity index (χ0n) is 37.3. The molecule has 0 aliphatic heterocycles. The van der Waals surface area contributed by atoms with Crippen molar-refractivity contribution in [2.75, 3.05) is 0 Å². The summed E-state index contributed by atoms with van der Waals surface area (Å²) in [4.78, 5) is 4.42. The van der Waals surface area contributed by atoms with Crippen LogP contribution in [0.2, 0.25) is 0 Å². The minimum Gasteiger partial charge on any atom is -0.440 e. The Morgan fingerprint density at radius 1 is 0.517 bits per heavy atom. The SMILES string of the molecule is CC.Cc1ccc(C(C)C)c(OP(OCc2cccc(CO)n2)Oc2cc(C)ccc2C(C)C)c1.Cc1ccc(C(C)C)c(OPOc2cc(C)ccc2C(C)C)c1. The molecule has 7 nitrogen and oxygen atoms in total. The van der Waals surface area contributed by atoms with E-state index in [0.29, 0.717) is 35.1 Å². The first-order valence-electron chi connectivity index (χ1n) is 20.5. The molecule has 0 fully saturated rings. The quantitative estimate of drug-likeness (QED) is 0.0992. The zero-order valence-corrected chi connectivity index (χ0v) is 39.2. The molecule has 1 heterocycles. The molecule has 0 aliphatic carbocycles. The lowest BCUT2D eigenvalue weighted by Crippen LogP contribution is -2.06. The van der Waals surface area contributed by atoms with Crippen LogP contribution in [-0.2, 0) is 17.7 Å². The molecule has 1 aromatic heterocycles. The highest BCUT2D eigenvalue weighted by atomic mass is 31.2. The van der Waals surface area contributed by atoms with Gasteiger partial charge in [-0.25, -0.2) is 0 Å². The average Bonchev–Trinajstić information content (AvgIpc) is 3.18. The topological polar surface area (TPSA) is 79.3 Å². The van der Waals surface area contributed by atoms with E-state index in [4.69, 9.17) is 22.6 Å². The third kappa shape index (κ3) is 15.0. The van der Waals surface area contributed by atoms with Gasteiger partial charge >= 0.3 is 8.60 Å². The van der Waals surface area contributed by atoms with Gasteiger partial charge in [-0.15, -0.1) is 0 Å². The van der Waals surface area contributed by atoms with E-state index in [1.807, 2.05) is 52.0 Å². The van der Waals surface area contributed by atoms with E-state index >= 15 is 0 Å². The van der Waals surface area contributed by atoms with Crippen molar-refractivity contribution in [3.63, 3.8) is 0 Å². The molecule has 4 aromatic carbocycles. The molecule has 0 unspecified atom stereocenters. The molecule has 0 radical (unpaired) electrons. The highest BCUT2D eigenvalue weighted by molar-refractivity contribution is 7.42. The van der Waals surface area contributed by atoms with Crippen LogP contribution in [0.1, 0.15) is 149 Å². The van der Waals surface area contributed by atoms with Crippen LogP contribution < -0.4 is 18.1 Å². The predicted molar refractivity (Wildman–Crippen MR) is 245 cm³/mol. The van der Waals surface area contributed by atoms with Gasteiger partial charge < -0.3 is 23.2 Å². The molecule has 0 spiro atoms. The fourth-order valence-electron chi connectivity index (χ4n) is 5.97. The number of pyridine rings is 1. The fourth-order valence-corrected chi connectivity index (χ4v) is 7.56. The van der Waals surface area contributed by atoms with Crippen LogP contribution in [0.5, 0.6) is 23.0 Å². The van der Waals surface area contributed by atoms with Crippen LogP contribution in [0.3, 0.4) is 0 Å². The molecule has 0 aliphatic rings. The Hall–Kier alpha value is -3.99. The first-order valence-corrected chi connectivity index (χ1v) is 22.4. The molecule has 314 valence electrons. The van der Waals surface area contributed by atoms with Gasteiger partial charge in [0.1, 0.15) is 23.0 Å². The summed E-state index contributed by atoms with van der Waals surface area (Å²) >= 11 is 0. The first kappa shape index (κ1) is 48.4. The first-order chi connectivity index (χ1) is 27.6. The Morgan fingerprint density at radius 3 is 1.22 bits per heavy atom. The molecule has 0 saturated carbocycles. The van der Waals surface area contributed by atoms with Crippen LogP contribution in [0.4, 0.5) is 0 Å². The minimum atomic E-state index is -1.76. The highest BCUT2D eigenvalue weighted by Gasteiger charge is 2.23.